The highest BCUT2D eigenvalue weighted by molar-refractivity contribution is 5.99. The van der Waals surface area contributed by atoms with Crippen LogP contribution in [0.4, 0.5) is 4.39 Å². The monoisotopic (exact) mass is 251 g/mol. The van der Waals surface area contributed by atoms with E-state index in [1.807, 2.05) is 0 Å². The van der Waals surface area contributed by atoms with Crippen LogP contribution in [0, 0.1) is 5.82 Å². The number of benzene rings is 1. The molecule has 0 amide bonds. The molecule has 0 aliphatic rings. The Balaban J connectivity index is 2.61. The maximum Gasteiger partial charge on any atom is 0.359 e. The number of hydrogen-bond donors (Lipinski definition) is 2. The first-order chi connectivity index (χ1) is 8.50. The first kappa shape index (κ1) is 11.7. The summed E-state index contributed by atoms with van der Waals surface area (Å²) in [5.74, 6) is -3.49. The van der Waals surface area contributed by atoms with Crippen LogP contribution in [0.1, 0.15) is 21.0 Å². The third-order valence-electron chi connectivity index (χ3n) is 2.15. The predicted molar refractivity (Wildman–Crippen MR) is 55.2 cm³/mol. The summed E-state index contributed by atoms with van der Waals surface area (Å²) < 4.78 is 13.6. The lowest BCUT2D eigenvalue weighted by Crippen LogP contribution is -2.12. The standard InChI is InChI=1S/C10H6FN3O4/c11-5-1-3-6(4-2-5)14-8(10(17)18)7(9(15)16)12-13-14/h1-4H,(H,15,16)(H,17,18). The van der Waals surface area contributed by atoms with Gasteiger partial charge in [0.2, 0.25) is 5.69 Å². The van der Waals surface area contributed by atoms with Crippen molar-refractivity contribution in [2.75, 3.05) is 0 Å². The number of carbonyl (C=O) groups is 2. The number of carboxylic acid groups (broad SMARTS) is 2. The van der Waals surface area contributed by atoms with Crippen LogP contribution in [-0.2, 0) is 0 Å². The van der Waals surface area contributed by atoms with E-state index in [9.17, 15) is 14.0 Å². The van der Waals surface area contributed by atoms with Crippen LogP contribution >= 0.6 is 0 Å². The Kier molecular flexibility index (Phi) is 2.76. The van der Waals surface area contributed by atoms with Crippen molar-refractivity contribution in [2.45, 2.75) is 0 Å². The van der Waals surface area contributed by atoms with Gasteiger partial charge < -0.3 is 10.2 Å². The van der Waals surface area contributed by atoms with E-state index >= 15 is 0 Å². The summed E-state index contributed by atoms with van der Waals surface area (Å²) in [6.45, 7) is 0. The van der Waals surface area contributed by atoms with E-state index < -0.39 is 29.1 Å². The highest BCUT2D eigenvalue weighted by Crippen LogP contribution is 2.13. The molecule has 2 rings (SSSR count). The number of rotatable bonds is 3. The molecule has 0 unspecified atom stereocenters. The summed E-state index contributed by atoms with van der Waals surface area (Å²) in [7, 11) is 0. The average Bonchev–Trinajstić information content (AvgIpc) is 2.74. The molecule has 0 saturated carbocycles. The van der Waals surface area contributed by atoms with Gasteiger partial charge in [0.1, 0.15) is 5.82 Å². The summed E-state index contributed by atoms with van der Waals surface area (Å²) in [6, 6.07) is 4.73. The van der Waals surface area contributed by atoms with Crippen molar-refractivity contribution in [3.8, 4) is 5.69 Å². The Morgan fingerprint density at radius 3 is 2.22 bits per heavy atom. The first-order valence-electron chi connectivity index (χ1n) is 4.69. The Hall–Kier alpha value is -2.77. The van der Waals surface area contributed by atoms with E-state index in [0.717, 1.165) is 16.8 Å². The minimum absolute atomic E-state index is 0.203. The van der Waals surface area contributed by atoms with Crippen molar-refractivity contribution >= 4 is 11.9 Å². The third-order valence-corrected chi connectivity index (χ3v) is 2.15. The Morgan fingerprint density at radius 1 is 1.11 bits per heavy atom. The molecular formula is C10H6FN3O4. The van der Waals surface area contributed by atoms with E-state index in [2.05, 4.69) is 10.3 Å². The predicted octanol–water partition coefficient (Wildman–Crippen LogP) is 0.803. The summed E-state index contributed by atoms with van der Waals surface area (Å²) in [6.07, 6.45) is 0. The molecular weight excluding hydrogens is 245 g/mol. The van der Waals surface area contributed by atoms with E-state index in [-0.39, 0.29) is 5.69 Å². The van der Waals surface area contributed by atoms with E-state index in [1.54, 1.807) is 0 Å². The van der Waals surface area contributed by atoms with Gasteiger partial charge in [-0.3, -0.25) is 0 Å². The number of hydrogen-bond acceptors (Lipinski definition) is 4. The molecule has 8 heteroatoms. The molecule has 1 aromatic heterocycles. The number of carboxylic acids is 2. The molecule has 18 heavy (non-hydrogen) atoms. The van der Waals surface area contributed by atoms with Crippen molar-refractivity contribution in [1.29, 1.82) is 0 Å². The Labute approximate surface area is 99.1 Å². The molecule has 0 atom stereocenters. The summed E-state index contributed by atoms with van der Waals surface area (Å²) in [4.78, 5) is 21.8. The number of nitrogens with zero attached hydrogens (tertiary/aromatic N) is 3. The SMILES string of the molecule is O=C(O)c1nnn(-c2ccc(F)cc2)c1C(=O)O. The second-order valence-corrected chi connectivity index (χ2v) is 3.29. The molecule has 0 bridgehead atoms. The summed E-state index contributed by atoms with van der Waals surface area (Å²) in [5, 5.41) is 24.5. The fourth-order valence-corrected chi connectivity index (χ4v) is 1.38. The maximum atomic E-state index is 12.7. The van der Waals surface area contributed by atoms with Crippen LogP contribution in [0.5, 0.6) is 0 Å². The van der Waals surface area contributed by atoms with Gasteiger partial charge in [-0.1, -0.05) is 5.21 Å². The lowest BCUT2D eigenvalue weighted by atomic mass is 10.2. The highest BCUT2D eigenvalue weighted by atomic mass is 19.1. The fraction of sp³-hybridized carbons (Fsp3) is 0. The molecule has 0 saturated heterocycles. The summed E-state index contributed by atoms with van der Waals surface area (Å²) >= 11 is 0. The van der Waals surface area contributed by atoms with E-state index in [0.29, 0.717) is 0 Å². The number of aromatic carboxylic acids is 2. The van der Waals surface area contributed by atoms with Crippen LogP contribution in [0.15, 0.2) is 24.3 Å². The van der Waals surface area contributed by atoms with Crippen LogP contribution in [0.25, 0.3) is 5.69 Å². The van der Waals surface area contributed by atoms with Crippen molar-refractivity contribution in [3.63, 3.8) is 0 Å². The van der Waals surface area contributed by atoms with E-state index in [4.69, 9.17) is 10.2 Å². The first-order valence-corrected chi connectivity index (χ1v) is 4.69. The average molecular weight is 251 g/mol. The normalized spacial score (nSPS) is 10.3. The molecule has 2 aromatic rings. The minimum atomic E-state index is -1.50. The quantitative estimate of drug-likeness (QED) is 0.835. The van der Waals surface area contributed by atoms with E-state index in [1.165, 1.54) is 12.1 Å². The van der Waals surface area contributed by atoms with Gasteiger partial charge in [-0.15, -0.1) is 5.10 Å². The van der Waals surface area contributed by atoms with Crippen LogP contribution in [-0.4, -0.2) is 37.1 Å². The smallest absolute Gasteiger partial charge is 0.359 e. The maximum absolute atomic E-state index is 12.7. The van der Waals surface area contributed by atoms with Gasteiger partial charge >= 0.3 is 11.9 Å². The lowest BCUT2D eigenvalue weighted by Gasteiger charge is -2.02. The van der Waals surface area contributed by atoms with Gasteiger partial charge in [0.25, 0.3) is 0 Å². The second-order valence-electron chi connectivity index (χ2n) is 3.29. The molecule has 2 N–H and O–H groups in total. The van der Waals surface area contributed by atoms with Crippen molar-refractivity contribution in [3.05, 3.63) is 41.5 Å². The molecule has 1 heterocycles. The fourth-order valence-electron chi connectivity index (χ4n) is 1.38. The highest BCUT2D eigenvalue weighted by Gasteiger charge is 2.25. The topological polar surface area (TPSA) is 105 Å². The van der Waals surface area contributed by atoms with Crippen LogP contribution < -0.4 is 0 Å². The molecule has 92 valence electrons. The summed E-state index contributed by atoms with van der Waals surface area (Å²) in [5.41, 5.74) is -1.06. The zero-order chi connectivity index (χ0) is 13.3. The Morgan fingerprint density at radius 2 is 1.72 bits per heavy atom. The molecule has 7 nitrogen and oxygen atoms in total. The van der Waals surface area contributed by atoms with Crippen LogP contribution in [0.2, 0.25) is 0 Å². The largest absolute Gasteiger partial charge is 0.476 e. The third kappa shape index (κ3) is 1.90. The lowest BCUT2D eigenvalue weighted by molar-refractivity contribution is 0.0642. The zero-order valence-electron chi connectivity index (χ0n) is 8.74. The van der Waals surface area contributed by atoms with Gasteiger partial charge in [0.05, 0.1) is 5.69 Å². The molecule has 0 spiro atoms. The molecule has 0 aliphatic heterocycles. The number of halogens is 1. The van der Waals surface area contributed by atoms with Gasteiger partial charge in [0.15, 0.2) is 5.69 Å². The van der Waals surface area contributed by atoms with Gasteiger partial charge in [-0.25, -0.2) is 18.7 Å². The van der Waals surface area contributed by atoms with Crippen molar-refractivity contribution in [2.24, 2.45) is 0 Å². The van der Waals surface area contributed by atoms with Crippen LogP contribution in [0.3, 0.4) is 0 Å². The van der Waals surface area contributed by atoms with Crippen molar-refractivity contribution in [1.82, 2.24) is 15.0 Å². The molecule has 0 aliphatic carbocycles. The second kappa shape index (κ2) is 4.24. The number of aromatic nitrogens is 3. The van der Waals surface area contributed by atoms with Gasteiger partial charge in [-0.05, 0) is 24.3 Å². The van der Waals surface area contributed by atoms with Gasteiger partial charge in [-0.2, -0.15) is 0 Å². The molecule has 0 radical (unpaired) electrons. The molecule has 1 aromatic carbocycles. The minimum Gasteiger partial charge on any atom is -0.476 e. The zero-order valence-corrected chi connectivity index (χ0v) is 8.74. The Bertz CT molecular complexity index is 621. The molecule has 0 fully saturated rings. The van der Waals surface area contributed by atoms with Crippen molar-refractivity contribution < 1.29 is 24.2 Å². The van der Waals surface area contributed by atoms with Gasteiger partial charge in [0, 0.05) is 0 Å².